The Labute approximate surface area is 171 Å². The van der Waals surface area contributed by atoms with Crippen molar-refractivity contribution >= 4 is 17.4 Å². The number of aliphatic hydroxyl groups is 1. The number of aryl methyl sites for hydroxylation is 1. The van der Waals surface area contributed by atoms with E-state index in [-0.39, 0.29) is 11.3 Å². The Balaban J connectivity index is 1.97. The lowest BCUT2D eigenvalue weighted by molar-refractivity contribution is -0.140. The van der Waals surface area contributed by atoms with Crippen LogP contribution in [0.25, 0.3) is 5.76 Å². The molecule has 3 rings (SSSR count). The molecular formula is C23H28N2O4. The maximum atomic E-state index is 12.9. The van der Waals surface area contributed by atoms with Gasteiger partial charge in [-0.2, -0.15) is 0 Å². The molecule has 0 bridgehead atoms. The van der Waals surface area contributed by atoms with Crippen molar-refractivity contribution in [3.63, 3.8) is 0 Å². The Morgan fingerprint density at radius 2 is 1.79 bits per heavy atom. The van der Waals surface area contributed by atoms with Crippen molar-refractivity contribution in [2.75, 3.05) is 26.2 Å². The molecule has 1 fully saturated rings. The van der Waals surface area contributed by atoms with Crippen molar-refractivity contribution < 1.29 is 19.1 Å². The molecule has 29 heavy (non-hydrogen) atoms. The van der Waals surface area contributed by atoms with Crippen molar-refractivity contribution in [1.29, 1.82) is 0 Å². The number of benzene rings is 1. The van der Waals surface area contributed by atoms with Crippen molar-refractivity contribution in [1.82, 2.24) is 9.80 Å². The third kappa shape index (κ3) is 4.27. The molecule has 0 aliphatic carbocycles. The van der Waals surface area contributed by atoms with Gasteiger partial charge < -0.3 is 19.3 Å². The predicted octanol–water partition coefficient (Wildman–Crippen LogP) is 3.74. The van der Waals surface area contributed by atoms with E-state index in [1.54, 1.807) is 36.4 Å². The summed E-state index contributed by atoms with van der Waals surface area (Å²) in [4.78, 5) is 29.5. The van der Waals surface area contributed by atoms with Crippen LogP contribution in [0.5, 0.6) is 0 Å². The van der Waals surface area contributed by atoms with Crippen LogP contribution in [0.3, 0.4) is 0 Å². The Morgan fingerprint density at radius 3 is 2.38 bits per heavy atom. The number of aliphatic hydroxyl groups excluding tert-OH is 1. The zero-order chi connectivity index (χ0) is 21.0. The highest BCUT2D eigenvalue weighted by molar-refractivity contribution is 6.46. The molecule has 2 aromatic rings. The summed E-state index contributed by atoms with van der Waals surface area (Å²) in [5, 5.41) is 10.9. The van der Waals surface area contributed by atoms with Gasteiger partial charge in [-0.3, -0.25) is 9.59 Å². The summed E-state index contributed by atoms with van der Waals surface area (Å²) in [5.74, 6) is -0.265. The minimum Gasteiger partial charge on any atom is -0.507 e. The SMILES string of the molecule is CCN(CC)CCCN1C(=O)C(=O)C(=C(O)c2ccccc2)[C@@H]1c1ccc(C)o1. The third-order valence-electron chi connectivity index (χ3n) is 5.39. The number of furan rings is 1. The second-order valence-corrected chi connectivity index (χ2v) is 7.19. The van der Waals surface area contributed by atoms with Gasteiger partial charge in [0.05, 0.1) is 5.57 Å². The van der Waals surface area contributed by atoms with Gasteiger partial charge in [0.1, 0.15) is 23.3 Å². The second-order valence-electron chi connectivity index (χ2n) is 7.19. The first-order valence-corrected chi connectivity index (χ1v) is 10.1. The van der Waals surface area contributed by atoms with Gasteiger partial charge in [-0.1, -0.05) is 44.2 Å². The van der Waals surface area contributed by atoms with Crippen molar-refractivity contribution in [2.45, 2.75) is 33.2 Å². The standard InChI is InChI=1S/C23H28N2O4/c1-4-24(5-2)14-9-15-25-20(18-13-12-16(3)29-18)19(22(27)23(25)28)21(26)17-10-7-6-8-11-17/h6-8,10-13,20,26H,4-5,9,14-15H2,1-3H3/t20-/m0/s1. The van der Waals surface area contributed by atoms with Gasteiger partial charge >= 0.3 is 0 Å². The van der Waals surface area contributed by atoms with E-state index in [4.69, 9.17) is 4.42 Å². The van der Waals surface area contributed by atoms with Gasteiger partial charge in [0, 0.05) is 12.1 Å². The minimum absolute atomic E-state index is 0.0818. The molecule has 1 aromatic heterocycles. The number of nitrogens with zero attached hydrogens (tertiary/aromatic N) is 2. The molecule has 2 heterocycles. The topological polar surface area (TPSA) is 74.0 Å². The van der Waals surface area contributed by atoms with E-state index >= 15 is 0 Å². The zero-order valence-corrected chi connectivity index (χ0v) is 17.2. The molecule has 0 radical (unpaired) electrons. The number of rotatable bonds is 8. The van der Waals surface area contributed by atoms with E-state index in [1.165, 1.54) is 4.90 Å². The van der Waals surface area contributed by atoms with E-state index in [0.29, 0.717) is 23.6 Å². The highest BCUT2D eigenvalue weighted by atomic mass is 16.3. The highest BCUT2D eigenvalue weighted by Gasteiger charge is 2.47. The Morgan fingerprint density at radius 1 is 1.10 bits per heavy atom. The molecule has 154 valence electrons. The first kappa shape index (κ1) is 20.9. The fourth-order valence-corrected chi connectivity index (χ4v) is 3.76. The average molecular weight is 396 g/mol. The first-order chi connectivity index (χ1) is 14.0. The summed E-state index contributed by atoms with van der Waals surface area (Å²) in [7, 11) is 0. The van der Waals surface area contributed by atoms with Crippen LogP contribution in [-0.2, 0) is 9.59 Å². The zero-order valence-electron chi connectivity index (χ0n) is 17.2. The van der Waals surface area contributed by atoms with E-state index in [1.807, 2.05) is 13.0 Å². The number of Topliss-reactive ketones (excluding diaryl/α,β-unsaturated/α-hetero) is 1. The van der Waals surface area contributed by atoms with Crippen LogP contribution in [0.2, 0.25) is 0 Å². The average Bonchev–Trinajstić information content (AvgIpc) is 3.27. The van der Waals surface area contributed by atoms with Gasteiger partial charge in [0.2, 0.25) is 0 Å². The van der Waals surface area contributed by atoms with Crippen molar-refractivity contribution in [2.24, 2.45) is 0 Å². The molecule has 1 atom stereocenters. The number of amides is 1. The summed E-state index contributed by atoms with van der Waals surface area (Å²) in [6, 6.07) is 11.7. The number of carbonyl (C=O) groups excluding carboxylic acids is 2. The molecule has 0 unspecified atom stereocenters. The fourth-order valence-electron chi connectivity index (χ4n) is 3.76. The lowest BCUT2D eigenvalue weighted by atomic mass is 9.99. The number of hydrogen-bond acceptors (Lipinski definition) is 5. The number of hydrogen-bond donors (Lipinski definition) is 1. The molecule has 1 aromatic carbocycles. The largest absolute Gasteiger partial charge is 0.507 e. The van der Waals surface area contributed by atoms with Gasteiger partial charge in [0.15, 0.2) is 0 Å². The molecule has 6 heteroatoms. The molecule has 0 saturated carbocycles. The van der Waals surface area contributed by atoms with Crippen LogP contribution < -0.4 is 0 Å². The maximum absolute atomic E-state index is 12.9. The van der Waals surface area contributed by atoms with Gasteiger partial charge in [-0.25, -0.2) is 0 Å². The first-order valence-electron chi connectivity index (χ1n) is 10.1. The second kappa shape index (κ2) is 9.09. The summed E-state index contributed by atoms with van der Waals surface area (Å²) >= 11 is 0. The van der Waals surface area contributed by atoms with Gasteiger partial charge in [-0.15, -0.1) is 0 Å². The smallest absolute Gasteiger partial charge is 0.295 e. The summed E-state index contributed by atoms with van der Waals surface area (Å²) in [5.41, 5.74) is 0.584. The molecule has 1 aliphatic rings. The minimum atomic E-state index is -0.722. The molecule has 1 amide bonds. The normalized spacial score (nSPS) is 18.8. The fraction of sp³-hybridized carbons (Fsp3) is 0.391. The van der Waals surface area contributed by atoms with E-state index < -0.39 is 17.7 Å². The third-order valence-corrected chi connectivity index (χ3v) is 5.39. The molecule has 1 aliphatic heterocycles. The van der Waals surface area contributed by atoms with Crippen LogP contribution in [0.1, 0.15) is 43.4 Å². The lowest BCUT2D eigenvalue weighted by Crippen LogP contribution is -2.33. The molecule has 1 N–H and O–H groups in total. The Kier molecular flexibility index (Phi) is 6.54. The van der Waals surface area contributed by atoms with Gasteiger partial charge in [-0.05, 0) is 45.1 Å². The maximum Gasteiger partial charge on any atom is 0.295 e. The van der Waals surface area contributed by atoms with E-state index in [2.05, 4.69) is 18.7 Å². The molecule has 1 saturated heterocycles. The molecule has 0 spiro atoms. The Bertz CT molecular complexity index is 897. The Hall–Kier alpha value is -2.86. The van der Waals surface area contributed by atoms with Crippen molar-refractivity contribution in [3.8, 4) is 0 Å². The highest BCUT2D eigenvalue weighted by Crippen LogP contribution is 2.40. The predicted molar refractivity (Wildman–Crippen MR) is 111 cm³/mol. The molecule has 6 nitrogen and oxygen atoms in total. The van der Waals surface area contributed by atoms with E-state index in [0.717, 1.165) is 26.1 Å². The van der Waals surface area contributed by atoms with E-state index in [9.17, 15) is 14.7 Å². The van der Waals surface area contributed by atoms with Crippen molar-refractivity contribution in [3.05, 3.63) is 65.1 Å². The summed E-state index contributed by atoms with van der Waals surface area (Å²) in [6.45, 7) is 9.12. The summed E-state index contributed by atoms with van der Waals surface area (Å²) < 4.78 is 5.78. The number of likely N-dealkylation sites (tertiary alicyclic amines) is 1. The quantitative estimate of drug-likeness (QED) is 0.418. The van der Waals surface area contributed by atoms with Crippen LogP contribution in [-0.4, -0.2) is 52.8 Å². The van der Waals surface area contributed by atoms with Crippen LogP contribution >= 0.6 is 0 Å². The van der Waals surface area contributed by atoms with Crippen LogP contribution in [0, 0.1) is 6.92 Å². The van der Waals surface area contributed by atoms with Crippen LogP contribution in [0.4, 0.5) is 0 Å². The molecular weight excluding hydrogens is 368 g/mol. The summed E-state index contributed by atoms with van der Waals surface area (Å²) in [6.07, 6.45) is 0.732. The number of carbonyl (C=O) groups is 2. The number of ketones is 1. The monoisotopic (exact) mass is 396 g/mol. The van der Waals surface area contributed by atoms with Gasteiger partial charge in [0.25, 0.3) is 11.7 Å². The van der Waals surface area contributed by atoms with Crippen LogP contribution in [0.15, 0.2) is 52.5 Å². The lowest BCUT2D eigenvalue weighted by Gasteiger charge is -2.25.